The highest BCUT2D eigenvalue weighted by molar-refractivity contribution is 8.00. The highest BCUT2D eigenvalue weighted by atomic mass is 35.5. The third kappa shape index (κ3) is 5.97. The van der Waals surface area contributed by atoms with Crippen LogP contribution in [0.15, 0.2) is 59.5 Å². The second-order valence-electron chi connectivity index (χ2n) is 6.67. The fourth-order valence-electron chi connectivity index (χ4n) is 3.33. The second-order valence-corrected chi connectivity index (χ2v) is 7.69. The van der Waals surface area contributed by atoms with E-state index in [-0.39, 0.29) is 48.5 Å². The van der Waals surface area contributed by atoms with E-state index in [1.54, 1.807) is 0 Å². The predicted octanol–water partition coefficient (Wildman–Crippen LogP) is 2.05. The Morgan fingerprint density at radius 3 is 2.46 bits per heavy atom. The number of likely N-dealkylation sites (tertiary alicyclic amines) is 1. The summed E-state index contributed by atoms with van der Waals surface area (Å²) in [6.45, 7) is 1.73. The molecule has 5 N–H and O–H groups in total. The topological polar surface area (TPSA) is 101 Å². The van der Waals surface area contributed by atoms with Crippen LogP contribution in [0, 0.1) is 0 Å². The Hall–Kier alpha value is -2.06. The Bertz CT molecular complexity index is 806. The standard InChI is InChI=1S/C20H24N4O2S.ClH/c21-16-11-24(10-15(16)14-6-2-1-3-7-14)12-20(26)23-17-8-4-5-9-18(17)27-13-19(22)25;/h1-9,15-16H,10-13,21H2,(H2,22,25)(H,23,26);1H/t15-,16+;/m0./s1. The molecule has 0 spiro atoms. The highest BCUT2D eigenvalue weighted by Gasteiger charge is 2.32. The number of halogens is 1. The average molecular weight is 421 g/mol. The molecular formula is C20H25ClN4O2S. The Morgan fingerprint density at radius 1 is 1.07 bits per heavy atom. The fourth-order valence-corrected chi connectivity index (χ4v) is 4.08. The minimum atomic E-state index is -0.390. The van der Waals surface area contributed by atoms with Gasteiger partial charge in [-0.05, 0) is 17.7 Å². The number of benzene rings is 2. The van der Waals surface area contributed by atoms with Crippen molar-refractivity contribution < 1.29 is 9.59 Å². The number of anilines is 1. The summed E-state index contributed by atoms with van der Waals surface area (Å²) in [5, 5.41) is 2.94. The SMILES string of the molecule is Cl.NC(=O)CSc1ccccc1NC(=O)CN1C[C@@H](N)[C@H](c2ccccc2)C1. The van der Waals surface area contributed by atoms with E-state index in [1.165, 1.54) is 17.3 Å². The van der Waals surface area contributed by atoms with E-state index < -0.39 is 0 Å². The van der Waals surface area contributed by atoms with Crippen molar-refractivity contribution in [3.05, 3.63) is 60.2 Å². The monoisotopic (exact) mass is 420 g/mol. The van der Waals surface area contributed by atoms with Gasteiger partial charge < -0.3 is 16.8 Å². The Labute approximate surface area is 175 Å². The molecule has 1 aliphatic rings. The molecule has 2 amide bonds. The van der Waals surface area contributed by atoms with Gasteiger partial charge in [0.25, 0.3) is 0 Å². The van der Waals surface area contributed by atoms with E-state index in [2.05, 4.69) is 22.3 Å². The smallest absolute Gasteiger partial charge is 0.238 e. The van der Waals surface area contributed by atoms with Crippen LogP contribution in [0.3, 0.4) is 0 Å². The summed E-state index contributed by atoms with van der Waals surface area (Å²) in [5.74, 6) is -0.0772. The molecule has 0 saturated carbocycles. The third-order valence-electron chi connectivity index (χ3n) is 4.57. The number of nitrogens with zero attached hydrogens (tertiary/aromatic N) is 1. The summed E-state index contributed by atoms with van der Waals surface area (Å²) in [6, 6.07) is 17.6. The number of hydrogen-bond donors (Lipinski definition) is 3. The number of hydrogen-bond acceptors (Lipinski definition) is 5. The molecule has 0 bridgehead atoms. The molecule has 0 unspecified atom stereocenters. The van der Waals surface area contributed by atoms with Gasteiger partial charge in [-0.25, -0.2) is 0 Å². The zero-order chi connectivity index (χ0) is 19.2. The first-order valence-electron chi connectivity index (χ1n) is 8.86. The molecule has 0 aliphatic carbocycles. The Balaban J connectivity index is 0.00000280. The lowest BCUT2D eigenvalue weighted by Crippen LogP contribution is -2.33. The van der Waals surface area contributed by atoms with Gasteiger partial charge in [-0.1, -0.05) is 42.5 Å². The minimum Gasteiger partial charge on any atom is -0.369 e. The zero-order valence-electron chi connectivity index (χ0n) is 15.4. The van der Waals surface area contributed by atoms with Crippen molar-refractivity contribution in [2.75, 3.05) is 30.7 Å². The number of nitrogens with one attached hydrogen (secondary N) is 1. The van der Waals surface area contributed by atoms with Gasteiger partial charge in [-0.3, -0.25) is 14.5 Å². The first-order chi connectivity index (χ1) is 13.0. The molecule has 8 heteroatoms. The highest BCUT2D eigenvalue weighted by Crippen LogP contribution is 2.28. The number of amides is 2. The largest absolute Gasteiger partial charge is 0.369 e. The number of rotatable bonds is 7. The van der Waals surface area contributed by atoms with Gasteiger partial charge in [0.2, 0.25) is 11.8 Å². The van der Waals surface area contributed by atoms with E-state index in [0.29, 0.717) is 12.2 Å². The molecule has 150 valence electrons. The van der Waals surface area contributed by atoms with Gasteiger partial charge in [0, 0.05) is 29.9 Å². The predicted molar refractivity (Wildman–Crippen MR) is 116 cm³/mol. The van der Waals surface area contributed by atoms with Crippen molar-refractivity contribution in [2.24, 2.45) is 11.5 Å². The van der Waals surface area contributed by atoms with Gasteiger partial charge in [0.05, 0.1) is 18.0 Å². The molecule has 3 rings (SSSR count). The molecule has 0 aromatic heterocycles. The third-order valence-corrected chi connectivity index (χ3v) is 5.66. The normalized spacial score (nSPS) is 19.0. The average Bonchev–Trinajstić information content (AvgIpc) is 3.01. The van der Waals surface area contributed by atoms with Gasteiger partial charge in [-0.2, -0.15) is 0 Å². The van der Waals surface area contributed by atoms with Crippen molar-refractivity contribution in [1.82, 2.24) is 4.90 Å². The van der Waals surface area contributed by atoms with Gasteiger partial charge in [-0.15, -0.1) is 24.2 Å². The summed E-state index contributed by atoms with van der Waals surface area (Å²) in [6.07, 6.45) is 0. The maximum Gasteiger partial charge on any atom is 0.238 e. The zero-order valence-corrected chi connectivity index (χ0v) is 17.0. The van der Waals surface area contributed by atoms with Gasteiger partial charge in [0.1, 0.15) is 0 Å². The molecule has 1 saturated heterocycles. The number of carbonyl (C=O) groups is 2. The fraction of sp³-hybridized carbons (Fsp3) is 0.300. The first-order valence-corrected chi connectivity index (χ1v) is 9.84. The lowest BCUT2D eigenvalue weighted by molar-refractivity contribution is -0.117. The maximum atomic E-state index is 12.5. The Morgan fingerprint density at radius 2 is 1.75 bits per heavy atom. The van der Waals surface area contributed by atoms with Crippen LogP contribution in [0.2, 0.25) is 0 Å². The van der Waals surface area contributed by atoms with Crippen molar-refractivity contribution in [2.45, 2.75) is 16.9 Å². The van der Waals surface area contributed by atoms with Gasteiger partial charge >= 0.3 is 0 Å². The molecule has 2 atom stereocenters. The summed E-state index contributed by atoms with van der Waals surface area (Å²) < 4.78 is 0. The van der Waals surface area contributed by atoms with E-state index >= 15 is 0 Å². The number of nitrogens with two attached hydrogens (primary N) is 2. The van der Waals surface area contributed by atoms with Crippen LogP contribution in [0.5, 0.6) is 0 Å². The molecule has 0 radical (unpaired) electrons. The molecule has 2 aromatic carbocycles. The quantitative estimate of drug-likeness (QED) is 0.595. The molecule has 6 nitrogen and oxygen atoms in total. The van der Waals surface area contributed by atoms with Crippen LogP contribution in [0.1, 0.15) is 11.5 Å². The molecule has 1 fully saturated rings. The van der Waals surface area contributed by atoms with E-state index in [9.17, 15) is 9.59 Å². The van der Waals surface area contributed by atoms with Crippen molar-refractivity contribution in [3.8, 4) is 0 Å². The summed E-state index contributed by atoms with van der Waals surface area (Å²) in [5.41, 5.74) is 13.4. The molecule has 1 heterocycles. The second kappa shape index (κ2) is 10.5. The van der Waals surface area contributed by atoms with Crippen molar-refractivity contribution >= 4 is 41.7 Å². The van der Waals surface area contributed by atoms with Crippen LogP contribution in [-0.4, -0.2) is 48.1 Å². The van der Waals surface area contributed by atoms with Crippen molar-refractivity contribution in [1.29, 1.82) is 0 Å². The van der Waals surface area contributed by atoms with Crippen LogP contribution < -0.4 is 16.8 Å². The molecular weight excluding hydrogens is 396 g/mol. The summed E-state index contributed by atoms with van der Waals surface area (Å²) in [4.78, 5) is 26.4. The number of thioether (sulfide) groups is 1. The van der Waals surface area contributed by atoms with Crippen LogP contribution in [-0.2, 0) is 9.59 Å². The van der Waals surface area contributed by atoms with E-state index in [1.807, 2.05) is 42.5 Å². The van der Waals surface area contributed by atoms with Crippen molar-refractivity contribution in [3.63, 3.8) is 0 Å². The molecule has 1 aliphatic heterocycles. The van der Waals surface area contributed by atoms with Crippen LogP contribution >= 0.6 is 24.2 Å². The minimum absolute atomic E-state index is 0. The number of para-hydroxylation sites is 1. The summed E-state index contributed by atoms with van der Waals surface area (Å²) >= 11 is 1.32. The lowest BCUT2D eigenvalue weighted by atomic mass is 9.95. The maximum absolute atomic E-state index is 12.5. The van der Waals surface area contributed by atoms with Gasteiger partial charge in [0.15, 0.2) is 0 Å². The van der Waals surface area contributed by atoms with E-state index in [0.717, 1.165) is 11.4 Å². The Kier molecular flexibility index (Phi) is 8.32. The van der Waals surface area contributed by atoms with Crippen LogP contribution in [0.4, 0.5) is 5.69 Å². The summed E-state index contributed by atoms with van der Waals surface area (Å²) in [7, 11) is 0. The van der Waals surface area contributed by atoms with E-state index in [4.69, 9.17) is 11.5 Å². The van der Waals surface area contributed by atoms with Crippen LogP contribution in [0.25, 0.3) is 0 Å². The molecule has 2 aromatic rings. The number of carbonyl (C=O) groups excluding carboxylic acids is 2. The lowest BCUT2D eigenvalue weighted by Gasteiger charge is -2.16. The first kappa shape index (κ1) is 22.2. The molecule has 28 heavy (non-hydrogen) atoms. The number of primary amides is 1.